The minimum absolute atomic E-state index is 0.0853. The number of likely N-dealkylation sites (tertiary alicyclic amines) is 1. The molecule has 0 aromatic rings. The van der Waals surface area contributed by atoms with Crippen LogP contribution in [0, 0.1) is 11.8 Å². The predicted molar refractivity (Wildman–Crippen MR) is 138 cm³/mol. The third-order valence-corrected chi connectivity index (χ3v) is 9.36. The molecule has 3 heterocycles. The van der Waals surface area contributed by atoms with Crippen molar-refractivity contribution in [1.82, 2.24) is 9.80 Å². The second-order valence-electron chi connectivity index (χ2n) is 10.7. The molecule has 1 unspecified atom stereocenters. The molecule has 3 aliphatic heterocycles. The van der Waals surface area contributed by atoms with Crippen LogP contribution < -0.4 is 0 Å². The standard InChI is InChI=1S/C27H41BrN2O6/c1-3-14-29(18-12-8-7-9-13-18)25(33)23-27-17-19(28)22(36-27)20(26(34)35-4-2)21(27)24(32)30(23)15-10-5-6-11-16-31/h3,18-23,31H,1,4-17H2,2H3/t19?,20-,21+,22-,23-,27+/m0/s1. The molecule has 1 N–H and O–H groups in total. The maximum absolute atomic E-state index is 14.4. The summed E-state index contributed by atoms with van der Waals surface area (Å²) in [6.45, 7) is 6.90. The molecular formula is C27H41BrN2O6. The van der Waals surface area contributed by atoms with E-state index in [0.717, 1.165) is 51.4 Å². The molecular weight excluding hydrogens is 528 g/mol. The van der Waals surface area contributed by atoms with E-state index in [2.05, 4.69) is 22.5 Å². The lowest BCUT2D eigenvalue weighted by atomic mass is 9.70. The number of halogens is 1. The highest BCUT2D eigenvalue weighted by molar-refractivity contribution is 9.09. The lowest BCUT2D eigenvalue weighted by Crippen LogP contribution is -2.58. The van der Waals surface area contributed by atoms with Gasteiger partial charge in [0.25, 0.3) is 0 Å². The average Bonchev–Trinajstić information content (AvgIpc) is 3.46. The Morgan fingerprint density at radius 1 is 1.25 bits per heavy atom. The normalized spacial score (nSPS) is 33.6. The number of hydrogen-bond donors (Lipinski definition) is 1. The molecule has 36 heavy (non-hydrogen) atoms. The molecule has 9 heteroatoms. The summed E-state index contributed by atoms with van der Waals surface area (Å²) >= 11 is 3.70. The van der Waals surface area contributed by atoms with Crippen molar-refractivity contribution in [2.75, 3.05) is 26.3 Å². The first-order valence-corrected chi connectivity index (χ1v) is 14.6. The minimum Gasteiger partial charge on any atom is -0.466 e. The number of esters is 1. The molecule has 1 saturated carbocycles. The zero-order valence-electron chi connectivity index (χ0n) is 21.4. The van der Waals surface area contributed by atoms with Crippen molar-refractivity contribution in [3.8, 4) is 0 Å². The molecule has 6 atom stereocenters. The average molecular weight is 570 g/mol. The Kier molecular flexibility index (Phi) is 9.15. The third-order valence-electron chi connectivity index (χ3n) is 8.51. The maximum atomic E-state index is 14.4. The number of unbranched alkanes of at least 4 members (excludes halogenated alkanes) is 3. The molecule has 0 aromatic heterocycles. The highest BCUT2D eigenvalue weighted by Crippen LogP contribution is 2.60. The van der Waals surface area contributed by atoms with Crippen LogP contribution in [0.3, 0.4) is 0 Å². The number of rotatable bonds is 12. The summed E-state index contributed by atoms with van der Waals surface area (Å²) in [5, 5.41) is 9.11. The number of hydrogen-bond acceptors (Lipinski definition) is 6. The zero-order valence-corrected chi connectivity index (χ0v) is 23.0. The van der Waals surface area contributed by atoms with E-state index < -0.39 is 35.6 Å². The summed E-state index contributed by atoms with van der Waals surface area (Å²) < 4.78 is 11.9. The van der Waals surface area contributed by atoms with Crippen LogP contribution in [0.2, 0.25) is 0 Å². The van der Waals surface area contributed by atoms with Gasteiger partial charge in [0, 0.05) is 30.6 Å². The number of alkyl halides is 1. The van der Waals surface area contributed by atoms with Gasteiger partial charge in [-0.1, -0.05) is 54.1 Å². The van der Waals surface area contributed by atoms with Gasteiger partial charge in [-0.05, 0) is 39.0 Å². The Bertz CT molecular complexity index is 833. The lowest BCUT2D eigenvalue weighted by Gasteiger charge is -2.41. The van der Waals surface area contributed by atoms with E-state index in [1.165, 1.54) is 6.42 Å². The molecule has 3 saturated heterocycles. The second-order valence-corrected chi connectivity index (χ2v) is 11.8. The predicted octanol–water partition coefficient (Wildman–Crippen LogP) is 3.20. The van der Waals surface area contributed by atoms with E-state index in [1.807, 2.05) is 4.90 Å². The molecule has 0 radical (unpaired) electrons. The van der Waals surface area contributed by atoms with Crippen molar-refractivity contribution in [2.24, 2.45) is 11.8 Å². The maximum Gasteiger partial charge on any atom is 0.312 e. The minimum atomic E-state index is -1.04. The molecule has 4 rings (SSSR count). The molecule has 202 valence electrons. The zero-order chi connectivity index (χ0) is 25.9. The Labute approximate surface area is 222 Å². The fourth-order valence-electron chi connectivity index (χ4n) is 7.01. The summed E-state index contributed by atoms with van der Waals surface area (Å²) in [5.74, 6) is -2.10. The molecule has 4 fully saturated rings. The van der Waals surface area contributed by atoms with Gasteiger partial charge in [0.2, 0.25) is 11.8 Å². The third kappa shape index (κ3) is 4.87. The van der Waals surface area contributed by atoms with Crippen LogP contribution >= 0.6 is 15.9 Å². The van der Waals surface area contributed by atoms with Crippen molar-refractivity contribution >= 4 is 33.7 Å². The van der Waals surface area contributed by atoms with E-state index in [0.29, 0.717) is 19.5 Å². The molecule has 0 aromatic carbocycles. The van der Waals surface area contributed by atoms with Gasteiger partial charge in [0.05, 0.1) is 24.5 Å². The van der Waals surface area contributed by atoms with E-state index >= 15 is 0 Å². The first kappa shape index (κ1) is 27.6. The van der Waals surface area contributed by atoms with Crippen LogP contribution in [-0.2, 0) is 23.9 Å². The van der Waals surface area contributed by atoms with Gasteiger partial charge in [-0.25, -0.2) is 0 Å². The van der Waals surface area contributed by atoms with Crippen molar-refractivity contribution in [1.29, 1.82) is 0 Å². The summed E-state index contributed by atoms with van der Waals surface area (Å²) in [6, 6.07) is -0.639. The molecule has 2 bridgehead atoms. The quantitative estimate of drug-likeness (QED) is 0.168. The first-order valence-electron chi connectivity index (χ1n) is 13.7. The van der Waals surface area contributed by atoms with Crippen LogP contribution in [-0.4, -0.2) is 87.6 Å². The smallest absolute Gasteiger partial charge is 0.312 e. The SMILES string of the molecule is C=CCN(C(=O)[C@@H]1N(CCCCCCO)C(=O)[C@H]2[C@H](C(=O)OCC)[C@H]3O[C@@]12CC3Br)C1CCCCC1. The monoisotopic (exact) mass is 568 g/mol. The summed E-state index contributed by atoms with van der Waals surface area (Å²) in [4.78, 5) is 44.9. The lowest BCUT2D eigenvalue weighted by molar-refractivity contribution is -0.155. The number of fused-ring (bicyclic) bond motifs is 1. The van der Waals surface area contributed by atoms with Gasteiger partial charge >= 0.3 is 5.97 Å². The highest BCUT2D eigenvalue weighted by Gasteiger charge is 2.77. The number of carbonyl (C=O) groups is 3. The van der Waals surface area contributed by atoms with E-state index in [1.54, 1.807) is 17.9 Å². The molecule has 2 amide bonds. The molecule has 1 aliphatic carbocycles. The summed E-state index contributed by atoms with van der Waals surface area (Å²) in [5.41, 5.74) is -1.04. The van der Waals surface area contributed by atoms with Gasteiger partial charge < -0.3 is 24.4 Å². The van der Waals surface area contributed by atoms with E-state index in [-0.39, 0.29) is 35.9 Å². The van der Waals surface area contributed by atoms with Crippen molar-refractivity contribution in [3.05, 3.63) is 12.7 Å². The topological polar surface area (TPSA) is 96.4 Å². The number of aliphatic hydroxyl groups is 1. The van der Waals surface area contributed by atoms with E-state index in [9.17, 15) is 14.4 Å². The Hall–Kier alpha value is -1.45. The fourth-order valence-corrected chi connectivity index (χ4v) is 7.96. The van der Waals surface area contributed by atoms with Crippen LogP contribution in [0.15, 0.2) is 12.7 Å². The van der Waals surface area contributed by atoms with Gasteiger partial charge in [-0.2, -0.15) is 0 Å². The van der Waals surface area contributed by atoms with Gasteiger partial charge in [-0.3, -0.25) is 14.4 Å². The summed E-state index contributed by atoms with van der Waals surface area (Å²) in [6.07, 6.45) is 10.2. The molecule has 1 spiro atoms. The Morgan fingerprint density at radius 2 is 1.97 bits per heavy atom. The number of nitrogens with zero attached hydrogens (tertiary/aromatic N) is 2. The first-order chi connectivity index (χ1) is 17.4. The van der Waals surface area contributed by atoms with Crippen molar-refractivity contribution in [3.63, 3.8) is 0 Å². The van der Waals surface area contributed by atoms with Gasteiger partial charge in [0.1, 0.15) is 11.6 Å². The number of amides is 2. The number of ether oxygens (including phenoxy) is 2. The van der Waals surface area contributed by atoms with Crippen LogP contribution in [0.1, 0.15) is 71.1 Å². The fraction of sp³-hybridized carbons (Fsp3) is 0.815. The number of aliphatic hydroxyl groups excluding tert-OH is 1. The van der Waals surface area contributed by atoms with E-state index in [4.69, 9.17) is 14.6 Å². The molecule has 8 nitrogen and oxygen atoms in total. The van der Waals surface area contributed by atoms with Crippen molar-refractivity contribution < 1.29 is 29.0 Å². The highest BCUT2D eigenvalue weighted by atomic mass is 79.9. The number of carbonyl (C=O) groups excluding carboxylic acids is 3. The Balaban J connectivity index is 1.67. The molecule has 4 aliphatic rings. The van der Waals surface area contributed by atoms with Gasteiger partial charge in [0.15, 0.2) is 0 Å². The Morgan fingerprint density at radius 3 is 2.64 bits per heavy atom. The summed E-state index contributed by atoms with van der Waals surface area (Å²) in [7, 11) is 0. The van der Waals surface area contributed by atoms with Crippen molar-refractivity contribution in [2.45, 2.75) is 99.7 Å². The second kappa shape index (κ2) is 11.9. The van der Waals surface area contributed by atoms with Crippen LogP contribution in [0.4, 0.5) is 0 Å². The van der Waals surface area contributed by atoms with Crippen LogP contribution in [0.25, 0.3) is 0 Å². The van der Waals surface area contributed by atoms with Gasteiger partial charge in [-0.15, -0.1) is 6.58 Å². The van der Waals surface area contributed by atoms with Crippen LogP contribution in [0.5, 0.6) is 0 Å². The largest absolute Gasteiger partial charge is 0.466 e.